The van der Waals surface area contributed by atoms with Crippen LogP contribution in [0.15, 0.2) is 0 Å². The van der Waals surface area contributed by atoms with E-state index in [2.05, 4.69) is 11.9 Å². The van der Waals surface area contributed by atoms with Gasteiger partial charge in [0.05, 0.1) is 11.9 Å². The molecule has 0 spiro atoms. The summed E-state index contributed by atoms with van der Waals surface area (Å²) in [7, 11) is 0. The fraction of sp³-hybridized carbons (Fsp3) is 0. The van der Waals surface area contributed by atoms with Gasteiger partial charge in [0, 0.05) is 0 Å². The third-order valence-electron chi connectivity index (χ3n) is 0. The Balaban J connectivity index is -0.00000000167. The van der Waals surface area contributed by atoms with Crippen molar-refractivity contribution in [3.05, 3.63) is 0 Å². The first-order chi connectivity index (χ1) is 1.00. The molecule has 0 unspecified atom stereocenters. The van der Waals surface area contributed by atoms with Crippen molar-refractivity contribution in [3.8, 4) is 0 Å². The van der Waals surface area contributed by atoms with Crippen LogP contribution in [0.2, 0.25) is 0 Å². The van der Waals surface area contributed by atoms with E-state index in [1.807, 2.05) is 0 Å². The van der Waals surface area contributed by atoms with E-state index in [4.69, 9.17) is 4.66 Å². The first-order valence-electron chi connectivity index (χ1n) is 0.169. The van der Waals surface area contributed by atoms with Gasteiger partial charge in [0.15, 0.2) is 0 Å². The molecule has 0 amide bonds. The third-order valence-corrected chi connectivity index (χ3v) is 0. The van der Waals surface area contributed by atoms with E-state index in [9.17, 15) is 0 Å². The van der Waals surface area contributed by atoms with Gasteiger partial charge in [0.25, 0.3) is 0 Å². The summed E-state index contributed by atoms with van der Waals surface area (Å²) >= 11 is 3.64. The molecule has 28 valence electrons. The third kappa shape index (κ3) is 20.0. The molecule has 1 N–H and O–H groups in total. The molecule has 5 heteroatoms. The monoisotopic (exact) mass is 154 g/mol. The summed E-state index contributed by atoms with van der Waals surface area (Å²) in [5.41, 5.74) is 0. The van der Waals surface area contributed by atoms with Crippen LogP contribution in [0.5, 0.6) is 0 Å². The van der Waals surface area contributed by atoms with Crippen LogP contribution in [-0.2, 0) is 0 Å². The molecule has 0 aromatic rings. The van der Waals surface area contributed by atoms with E-state index in [1.165, 1.54) is 0 Å². The Bertz CT molecular complexity index is 9.61. The summed E-state index contributed by atoms with van der Waals surface area (Å²) in [5.74, 6) is 0. The molecular formula is H5CaCl2NaO. The van der Waals surface area contributed by atoms with Crippen LogP contribution >= 0.6 is 24.3 Å². The fourth-order valence-electron chi connectivity index (χ4n) is 0. The number of hydrogen-bond donors (Lipinski definition) is 1. The van der Waals surface area contributed by atoms with Crippen LogP contribution in [-0.4, -0.2) is 72.0 Å². The zero-order chi connectivity index (χ0) is 2.00. The molecule has 0 aromatic heterocycles. The average Bonchev–Trinajstić information content (AvgIpc) is 1.00. The second kappa shape index (κ2) is 29.2. The summed E-state index contributed by atoms with van der Waals surface area (Å²) < 4.78 is 6.47. The molecule has 0 heterocycles. The molecule has 5 heavy (non-hydrogen) atoms. The molecule has 0 radical (unpaired) electrons. The van der Waals surface area contributed by atoms with Crippen molar-refractivity contribution >= 4 is 91.6 Å². The average molecular weight is 155 g/mol. The van der Waals surface area contributed by atoms with Crippen LogP contribution in [0.1, 0.15) is 0 Å². The van der Waals surface area contributed by atoms with Crippen LogP contribution in [0.4, 0.5) is 0 Å². The van der Waals surface area contributed by atoms with Crippen molar-refractivity contribution in [1.29, 1.82) is 0 Å². The number of rotatable bonds is 0. The van der Waals surface area contributed by atoms with Crippen LogP contribution in [0, 0.1) is 0 Å². The van der Waals surface area contributed by atoms with Crippen molar-refractivity contribution in [2.24, 2.45) is 0 Å². The van der Waals surface area contributed by atoms with Gasteiger partial charge in [-0.3, -0.25) is 4.66 Å². The SMILES string of the molecule is Cl.OCl.[CaH2].[NaH]. The van der Waals surface area contributed by atoms with E-state index < -0.39 is 0 Å². The second-order valence-electron chi connectivity index (χ2n) is 0. The summed E-state index contributed by atoms with van der Waals surface area (Å²) in [6.07, 6.45) is 0. The minimum atomic E-state index is 0. The van der Waals surface area contributed by atoms with Gasteiger partial charge in [0.1, 0.15) is 0 Å². The van der Waals surface area contributed by atoms with Gasteiger partial charge in [-0.25, -0.2) is 0 Å². The molecule has 0 aliphatic rings. The van der Waals surface area contributed by atoms with Gasteiger partial charge in [-0.2, -0.15) is 0 Å². The van der Waals surface area contributed by atoms with E-state index in [1.54, 1.807) is 0 Å². The Morgan fingerprint density at radius 1 is 1.20 bits per heavy atom. The van der Waals surface area contributed by atoms with Crippen LogP contribution < -0.4 is 0 Å². The molecule has 1 nitrogen and oxygen atoms in total. The molecule has 0 fully saturated rings. The van der Waals surface area contributed by atoms with Crippen molar-refractivity contribution < 1.29 is 4.66 Å². The van der Waals surface area contributed by atoms with E-state index in [0.717, 1.165) is 0 Å². The van der Waals surface area contributed by atoms with Gasteiger partial charge >= 0.3 is 67.3 Å². The van der Waals surface area contributed by atoms with E-state index in [0.29, 0.717) is 0 Å². The Morgan fingerprint density at radius 3 is 1.20 bits per heavy atom. The number of hydrogen-bond acceptors (Lipinski definition) is 1. The summed E-state index contributed by atoms with van der Waals surface area (Å²) in [6, 6.07) is 0. The molecule has 0 atom stereocenters. The van der Waals surface area contributed by atoms with Gasteiger partial charge < -0.3 is 0 Å². The molecular weight excluding hydrogens is 150 g/mol. The molecule has 0 aromatic carbocycles. The zero-order valence-electron chi connectivity index (χ0n) is 1.23. The van der Waals surface area contributed by atoms with Crippen LogP contribution in [0.3, 0.4) is 0 Å². The zero-order valence-corrected chi connectivity index (χ0v) is 2.81. The van der Waals surface area contributed by atoms with Crippen molar-refractivity contribution in [2.75, 3.05) is 0 Å². The van der Waals surface area contributed by atoms with E-state index >= 15 is 0 Å². The van der Waals surface area contributed by atoms with Gasteiger partial charge in [-0.15, -0.1) is 12.4 Å². The number of halogens is 2. The molecule has 0 aliphatic heterocycles. The topological polar surface area (TPSA) is 20.2 Å². The molecule has 0 saturated carbocycles. The molecule has 0 saturated heterocycles. The van der Waals surface area contributed by atoms with Crippen molar-refractivity contribution in [1.82, 2.24) is 0 Å². The van der Waals surface area contributed by atoms with E-state index in [-0.39, 0.29) is 79.7 Å². The standard InChI is InChI=1S/Ca.ClHO.ClH.Na.3H/c;1-2;;;;;/h;2H;1H;;;;. The van der Waals surface area contributed by atoms with Gasteiger partial charge in [0.2, 0.25) is 0 Å². The Labute approximate surface area is 94.3 Å². The Morgan fingerprint density at radius 2 is 1.20 bits per heavy atom. The fourth-order valence-corrected chi connectivity index (χ4v) is 0. The Kier molecular flexibility index (Phi) is 146. The molecule has 0 aliphatic carbocycles. The summed E-state index contributed by atoms with van der Waals surface area (Å²) in [6.45, 7) is 0. The van der Waals surface area contributed by atoms with Gasteiger partial charge in [-0.1, -0.05) is 0 Å². The minimum absolute atomic E-state index is 0. The first-order valence-corrected chi connectivity index (χ1v) is 0.507. The predicted molar refractivity (Wildman–Crippen MR) is 31.0 cm³/mol. The van der Waals surface area contributed by atoms with Crippen LogP contribution in [0.25, 0.3) is 0 Å². The summed E-state index contributed by atoms with van der Waals surface area (Å²) in [5, 5.41) is 0. The van der Waals surface area contributed by atoms with Gasteiger partial charge in [-0.05, 0) is 0 Å². The maximum absolute atomic E-state index is 6.47. The molecule has 0 bridgehead atoms. The quantitative estimate of drug-likeness (QED) is 0.444. The summed E-state index contributed by atoms with van der Waals surface area (Å²) in [4.78, 5) is 0. The first kappa shape index (κ1) is 25.0. The second-order valence-corrected chi connectivity index (χ2v) is 0. The maximum atomic E-state index is 6.47. The normalized spacial score (nSPS) is 1.20. The molecule has 0 rings (SSSR count). The predicted octanol–water partition coefficient (Wildman–Crippen LogP) is -1.01. The Hall–Kier alpha value is 2.80. The van der Waals surface area contributed by atoms with Crippen molar-refractivity contribution in [2.45, 2.75) is 0 Å². The van der Waals surface area contributed by atoms with Crippen molar-refractivity contribution in [3.63, 3.8) is 0 Å².